The van der Waals surface area contributed by atoms with E-state index in [-0.39, 0.29) is 0 Å². The van der Waals surface area contributed by atoms with Crippen molar-refractivity contribution in [1.82, 2.24) is 9.88 Å². The summed E-state index contributed by atoms with van der Waals surface area (Å²) in [6.45, 7) is 2.63. The van der Waals surface area contributed by atoms with E-state index in [1.54, 1.807) is 0 Å². The third-order valence-corrected chi connectivity index (χ3v) is 3.44. The molecule has 1 aliphatic rings. The highest BCUT2D eigenvalue weighted by molar-refractivity contribution is 5.83. The van der Waals surface area contributed by atoms with Gasteiger partial charge in [-0.2, -0.15) is 0 Å². The number of benzene rings is 1. The summed E-state index contributed by atoms with van der Waals surface area (Å²) >= 11 is 0. The second-order valence-corrected chi connectivity index (χ2v) is 4.71. The van der Waals surface area contributed by atoms with E-state index >= 15 is 0 Å². The van der Waals surface area contributed by atoms with Crippen LogP contribution in [0.15, 0.2) is 30.5 Å². The van der Waals surface area contributed by atoms with Crippen LogP contribution in [0.2, 0.25) is 0 Å². The maximum Gasteiger partial charge on any atom is 0.0623 e. The number of aromatic nitrogens is 1. The molecule has 0 amide bonds. The number of rotatable bonds is 2. The average Bonchev–Trinajstić information content (AvgIpc) is 2.69. The van der Waals surface area contributed by atoms with E-state index in [9.17, 15) is 0 Å². The molecule has 17 heavy (non-hydrogen) atoms. The van der Waals surface area contributed by atoms with Crippen LogP contribution in [-0.4, -0.2) is 30.4 Å². The van der Waals surface area contributed by atoms with Crippen molar-refractivity contribution in [3.05, 3.63) is 36.0 Å². The van der Waals surface area contributed by atoms with Gasteiger partial charge in [0.15, 0.2) is 0 Å². The molecule has 1 aliphatic heterocycles. The van der Waals surface area contributed by atoms with Gasteiger partial charge in [0.25, 0.3) is 0 Å². The molecule has 1 atom stereocenters. The van der Waals surface area contributed by atoms with Crippen LogP contribution in [0.25, 0.3) is 10.9 Å². The topological polar surface area (TPSA) is 26.2 Å². The number of fused-ring (bicyclic) bond motifs is 1. The second kappa shape index (κ2) is 4.51. The van der Waals surface area contributed by atoms with Gasteiger partial charge in [0.2, 0.25) is 0 Å². The highest BCUT2D eigenvalue weighted by atomic mass is 16.5. The molecule has 0 spiro atoms. The molecule has 90 valence electrons. The van der Waals surface area contributed by atoms with Crippen molar-refractivity contribution in [2.45, 2.75) is 12.5 Å². The first-order chi connectivity index (χ1) is 8.34. The van der Waals surface area contributed by atoms with Gasteiger partial charge in [0.1, 0.15) is 0 Å². The van der Waals surface area contributed by atoms with Gasteiger partial charge in [-0.15, -0.1) is 0 Å². The first-order valence-electron chi connectivity index (χ1n) is 6.18. The molecule has 1 saturated heterocycles. The van der Waals surface area contributed by atoms with E-state index in [0.29, 0.717) is 6.04 Å². The molecule has 2 aromatic rings. The number of nitrogens with zero attached hydrogens (tertiary/aromatic N) is 1. The zero-order valence-electron chi connectivity index (χ0n) is 10.1. The molecule has 0 aliphatic carbocycles. The smallest absolute Gasteiger partial charge is 0.0623 e. The van der Waals surface area contributed by atoms with Crippen LogP contribution in [0.4, 0.5) is 0 Å². The molecule has 1 fully saturated rings. The van der Waals surface area contributed by atoms with Crippen LogP contribution < -0.4 is 5.32 Å². The van der Waals surface area contributed by atoms with Crippen LogP contribution in [0.5, 0.6) is 0 Å². The third-order valence-electron chi connectivity index (χ3n) is 3.44. The lowest BCUT2D eigenvalue weighted by molar-refractivity contribution is 0.0771. The highest BCUT2D eigenvalue weighted by Gasteiger charge is 2.16. The van der Waals surface area contributed by atoms with Crippen molar-refractivity contribution >= 4 is 10.9 Å². The summed E-state index contributed by atoms with van der Waals surface area (Å²) in [5.41, 5.74) is 2.71. The summed E-state index contributed by atoms with van der Waals surface area (Å²) in [6.07, 6.45) is 3.28. The van der Waals surface area contributed by atoms with Gasteiger partial charge in [-0.3, -0.25) is 0 Å². The number of para-hydroxylation sites is 1. The maximum atomic E-state index is 5.50. The van der Waals surface area contributed by atoms with E-state index in [1.165, 1.54) is 16.5 Å². The Morgan fingerprint density at radius 1 is 1.41 bits per heavy atom. The van der Waals surface area contributed by atoms with Crippen LogP contribution in [0, 0.1) is 0 Å². The van der Waals surface area contributed by atoms with E-state index in [1.807, 2.05) is 0 Å². The van der Waals surface area contributed by atoms with Crippen LogP contribution in [0.3, 0.4) is 0 Å². The summed E-state index contributed by atoms with van der Waals surface area (Å²) in [6, 6.07) is 9.03. The molecule has 3 rings (SSSR count). The quantitative estimate of drug-likeness (QED) is 0.850. The van der Waals surface area contributed by atoms with Gasteiger partial charge in [0.05, 0.1) is 13.2 Å². The second-order valence-electron chi connectivity index (χ2n) is 4.71. The van der Waals surface area contributed by atoms with Crippen molar-refractivity contribution < 1.29 is 4.74 Å². The summed E-state index contributed by atoms with van der Waals surface area (Å²) in [4.78, 5) is 0. The summed E-state index contributed by atoms with van der Waals surface area (Å²) in [5, 5.41) is 4.87. The van der Waals surface area contributed by atoms with Gasteiger partial charge in [-0.25, -0.2) is 0 Å². The predicted octanol–water partition coefficient (Wildman–Crippen LogP) is 1.71. The largest absolute Gasteiger partial charge is 0.379 e. The lowest BCUT2D eigenvalue weighted by atomic mass is 10.1. The monoisotopic (exact) mass is 230 g/mol. The first-order valence-corrected chi connectivity index (χ1v) is 6.18. The van der Waals surface area contributed by atoms with Crippen molar-refractivity contribution in [3.63, 3.8) is 0 Å². The van der Waals surface area contributed by atoms with Gasteiger partial charge in [0, 0.05) is 36.7 Å². The fraction of sp³-hybridized carbons (Fsp3) is 0.429. The molecule has 1 aromatic heterocycles. The average molecular weight is 230 g/mol. The van der Waals surface area contributed by atoms with E-state index in [4.69, 9.17) is 4.74 Å². The maximum absolute atomic E-state index is 5.50. The van der Waals surface area contributed by atoms with Gasteiger partial charge >= 0.3 is 0 Å². The molecule has 1 N–H and O–H groups in total. The predicted molar refractivity (Wildman–Crippen MR) is 69.2 cm³/mol. The number of ether oxygens (including phenoxy) is 1. The molecule has 1 unspecified atom stereocenters. The lowest BCUT2D eigenvalue weighted by Gasteiger charge is -2.23. The number of hydrogen-bond donors (Lipinski definition) is 1. The lowest BCUT2D eigenvalue weighted by Crippen LogP contribution is -2.42. The molecular weight excluding hydrogens is 212 g/mol. The minimum absolute atomic E-state index is 0.453. The first kappa shape index (κ1) is 10.8. The van der Waals surface area contributed by atoms with Crippen molar-refractivity contribution in [1.29, 1.82) is 0 Å². The summed E-state index contributed by atoms with van der Waals surface area (Å²) in [7, 11) is 2.11. The zero-order valence-corrected chi connectivity index (χ0v) is 10.1. The fourth-order valence-corrected chi connectivity index (χ4v) is 2.60. The Hall–Kier alpha value is -1.32. The fourth-order valence-electron chi connectivity index (χ4n) is 2.60. The molecule has 0 radical (unpaired) electrons. The summed E-state index contributed by atoms with van der Waals surface area (Å²) < 4.78 is 7.71. The SMILES string of the molecule is Cn1cc(CC2COCCN2)c2ccccc21. The Morgan fingerprint density at radius 3 is 3.12 bits per heavy atom. The molecule has 1 aromatic carbocycles. The molecule has 3 heteroatoms. The molecule has 2 heterocycles. The minimum Gasteiger partial charge on any atom is -0.379 e. The molecule has 3 nitrogen and oxygen atoms in total. The van der Waals surface area contributed by atoms with Crippen LogP contribution in [-0.2, 0) is 18.2 Å². The normalized spacial score (nSPS) is 20.9. The van der Waals surface area contributed by atoms with E-state index in [0.717, 1.165) is 26.2 Å². The zero-order chi connectivity index (χ0) is 11.7. The van der Waals surface area contributed by atoms with Gasteiger partial charge < -0.3 is 14.6 Å². The number of morpholine rings is 1. The minimum atomic E-state index is 0.453. The third kappa shape index (κ3) is 2.08. The van der Waals surface area contributed by atoms with E-state index in [2.05, 4.69) is 47.4 Å². The van der Waals surface area contributed by atoms with Crippen molar-refractivity contribution in [2.24, 2.45) is 7.05 Å². The standard InChI is InChI=1S/C14H18N2O/c1-16-9-11(8-12-10-17-7-6-15-12)13-4-2-3-5-14(13)16/h2-5,9,12,15H,6-8,10H2,1H3. The molecular formula is C14H18N2O. The van der Waals surface area contributed by atoms with E-state index < -0.39 is 0 Å². The van der Waals surface area contributed by atoms with Gasteiger partial charge in [-0.1, -0.05) is 18.2 Å². The Bertz CT molecular complexity index is 512. The van der Waals surface area contributed by atoms with Crippen LogP contribution >= 0.6 is 0 Å². The number of nitrogens with one attached hydrogen (secondary N) is 1. The van der Waals surface area contributed by atoms with Crippen molar-refractivity contribution in [2.75, 3.05) is 19.8 Å². The Morgan fingerprint density at radius 2 is 2.29 bits per heavy atom. The highest BCUT2D eigenvalue weighted by Crippen LogP contribution is 2.21. The summed E-state index contributed by atoms with van der Waals surface area (Å²) in [5.74, 6) is 0. The molecule has 0 bridgehead atoms. The van der Waals surface area contributed by atoms with Crippen LogP contribution in [0.1, 0.15) is 5.56 Å². The van der Waals surface area contributed by atoms with Crippen molar-refractivity contribution in [3.8, 4) is 0 Å². The molecule has 0 saturated carbocycles. The number of aryl methyl sites for hydroxylation is 1. The Balaban J connectivity index is 1.89. The Kier molecular flexibility index (Phi) is 2.87. The Labute approximate surface area is 101 Å². The van der Waals surface area contributed by atoms with Gasteiger partial charge in [-0.05, 0) is 18.1 Å². The number of hydrogen-bond acceptors (Lipinski definition) is 2.